The Morgan fingerprint density at radius 1 is 1.19 bits per heavy atom. The molecule has 1 saturated heterocycles. The average molecular weight is 294 g/mol. The molecule has 0 saturated carbocycles. The van der Waals surface area contributed by atoms with Crippen molar-refractivity contribution in [2.45, 2.75) is 12.8 Å². The molecule has 1 aromatic rings. The second-order valence-electron chi connectivity index (χ2n) is 4.90. The van der Waals surface area contributed by atoms with Gasteiger partial charge in [0, 0.05) is 12.1 Å². The molecule has 1 N–H and O–H groups in total. The van der Waals surface area contributed by atoms with Gasteiger partial charge in [0.1, 0.15) is 0 Å². The van der Waals surface area contributed by atoms with Crippen molar-refractivity contribution in [3.05, 3.63) is 23.8 Å². The van der Waals surface area contributed by atoms with E-state index in [-0.39, 0.29) is 5.91 Å². The molecular weight excluding hydrogens is 272 g/mol. The molecule has 6 nitrogen and oxygen atoms in total. The van der Waals surface area contributed by atoms with Crippen LogP contribution in [-0.4, -0.2) is 51.3 Å². The van der Waals surface area contributed by atoms with Crippen molar-refractivity contribution in [3.8, 4) is 11.5 Å². The van der Waals surface area contributed by atoms with Gasteiger partial charge in [0.25, 0.3) is 5.91 Å². The number of rotatable bonds is 7. The molecular formula is C15H22N2O4. The summed E-state index contributed by atoms with van der Waals surface area (Å²) in [5, 5.41) is 0. The summed E-state index contributed by atoms with van der Waals surface area (Å²) in [6, 6.07) is 4.98. The van der Waals surface area contributed by atoms with Crippen molar-refractivity contribution < 1.29 is 19.1 Å². The highest BCUT2D eigenvalue weighted by Crippen LogP contribution is 2.27. The van der Waals surface area contributed by atoms with Crippen molar-refractivity contribution in [2.24, 2.45) is 0 Å². The van der Waals surface area contributed by atoms with Gasteiger partial charge in [-0.05, 0) is 44.1 Å². The number of nitrogens with zero attached hydrogens (tertiary/aromatic N) is 1. The average Bonchev–Trinajstić information content (AvgIpc) is 3.04. The van der Waals surface area contributed by atoms with Crippen molar-refractivity contribution in [3.63, 3.8) is 0 Å². The largest absolute Gasteiger partial charge is 0.493 e. The summed E-state index contributed by atoms with van der Waals surface area (Å²) in [5.41, 5.74) is 2.92. The van der Waals surface area contributed by atoms with Crippen molar-refractivity contribution >= 4 is 5.91 Å². The van der Waals surface area contributed by atoms with Crippen LogP contribution in [0, 0.1) is 0 Å². The maximum absolute atomic E-state index is 12.0. The van der Waals surface area contributed by atoms with Crippen LogP contribution < -0.4 is 15.0 Å². The first-order valence-corrected chi connectivity index (χ1v) is 7.11. The quantitative estimate of drug-likeness (QED) is 0.609. The Labute approximate surface area is 124 Å². The predicted octanol–water partition coefficient (Wildman–Crippen LogP) is 1.46. The number of ether oxygens (including phenoxy) is 2. The lowest BCUT2D eigenvalue weighted by Gasteiger charge is -2.14. The van der Waals surface area contributed by atoms with E-state index in [0.717, 1.165) is 19.6 Å². The number of benzene rings is 1. The van der Waals surface area contributed by atoms with Crippen LogP contribution in [0.15, 0.2) is 18.2 Å². The van der Waals surface area contributed by atoms with Crippen LogP contribution in [0.25, 0.3) is 0 Å². The zero-order chi connectivity index (χ0) is 15.1. The van der Waals surface area contributed by atoms with Gasteiger partial charge in [-0.2, -0.15) is 0 Å². The number of carbonyl (C=O) groups is 1. The van der Waals surface area contributed by atoms with E-state index in [1.807, 2.05) is 0 Å². The SMILES string of the molecule is COc1ccc(C(=O)NOCCN2CCCC2)cc1OC. The van der Waals surface area contributed by atoms with Crippen LogP contribution >= 0.6 is 0 Å². The third-order valence-electron chi connectivity index (χ3n) is 3.52. The Bertz CT molecular complexity index is 473. The van der Waals surface area contributed by atoms with E-state index in [1.54, 1.807) is 25.3 Å². The molecule has 0 radical (unpaired) electrons. The molecule has 1 aromatic carbocycles. The zero-order valence-corrected chi connectivity index (χ0v) is 12.6. The molecule has 0 aliphatic carbocycles. The molecule has 0 unspecified atom stereocenters. The molecule has 116 valence electrons. The number of methoxy groups -OCH3 is 2. The lowest BCUT2D eigenvalue weighted by atomic mass is 10.2. The smallest absolute Gasteiger partial charge is 0.274 e. The first kappa shape index (κ1) is 15.6. The fourth-order valence-electron chi connectivity index (χ4n) is 2.33. The highest BCUT2D eigenvalue weighted by Gasteiger charge is 2.12. The van der Waals surface area contributed by atoms with Gasteiger partial charge in [0.05, 0.1) is 20.8 Å². The third kappa shape index (κ3) is 4.34. The highest BCUT2D eigenvalue weighted by molar-refractivity contribution is 5.94. The monoisotopic (exact) mass is 294 g/mol. The number of carbonyl (C=O) groups excluding carboxylic acids is 1. The number of nitrogens with one attached hydrogen (secondary N) is 1. The van der Waals surface area contributed by atoms with E-state index in [2.05, 4.69) is 10.4 Å². The Kier molecular flexibility index (Phi) is 5.83. The predicted molar refractivity (Wildman–Crippen MR) is 78.6 cm³/mol. The molecule has 0 bridgehead atoms. The molecule has 1 heterocycles. The lowest BCUT2D eigenvalue weighted by Crippen LogP contribution is -2.30. The van der Waals surface area contributed by atoms with Crippen LogP contribution in [0.3, 0.4) is 0 Å². The zero-order valence-electron chi connectivity index (χ0n) is 12.6. The third-order valence-corrected chi connectivity index (χ3v) is 3.52. The summed E-state index contributed by atoms with van der Waals surface area (Å²) >= 11 is 0. The van der Waals surface area contributed by atoms with Gasteiger partial charge < -0.3 is 14.4 Å². The molecule has 1 amide bonds. The Balaban J connectivity index is 1.79. The minimum Gasteiger partial charge on any atom is -0.493 e. The summed E-state index contributed by atoms with van der Waals surface area (Å²) in [6.45, 7) is 3.56. The second kappa shape index (κ2) is 7.85. The first-order chi connectivity index (χ1) is 10.2. The lowest BCUT2D eigenvalue weighted by molar-refractivity contribution is 0.0244. The molecule has 21 heavy (non-hydrogen) atoms. The van der Waals surface area contributed by atoms with E-state index < -0.39 is 0 Å². The van der Waals surface area contributed by atoms with Crippen LogP contribution in [0.4, 0.5) is 0 Å². The normalized spacial score (nSPS) is 15.0. The van der Waals surface area contributed by atoms with Crippen LogP contribution in [0.1, 0.15) is 23.2 Å². The van der Waals surface area contributed by atoms with E-state index in [1.165, 1.54) is 20.0 Å². The molecule has 0 aromatic heterocycles. The van der Waals surface area contributed by atoms with Gasteiger partial charge in [0.15, 0.2) is 11.5 Å². The molecule has 0 atom stereocenters. The number of likely N-dealkylation sites (tertiary alicyclic amines) is 1. The number of hydrogen-bond acceptors (Lipinski definition) is 5. The summed E-state index contributed by atoms with van der Waals surface area (Å²) in [6.07, 6.45) is 2.50. The van der Waals surface area contributed by atoms with Crippen molar-refractivity contribution in [1.82, 2.24) is 10.4 Å². The van der Waals surface area contributed by atoms with Gasteiger partial charge in [-0.15, -0.1) is 0 Å². The highest BCUT2D eigenvalue weighted by atomic mass is 16.7. The number of amides is 1. The maximum Gasteiger partial charge on any atom is 0.274 e. The van der Waals surface area contributed by atoms with Crippen LogP contribution in [0.2, 0.25) is 0 Å². The van der Waals surface area contributed by atoms with Crippen molar-refractivity contribution in [2.75, 3.05) is 40.5 Å². The van der Waals surface area contributed by atoms with Gasteiger partial charge in [-0.25, -0.2) is 5.48 Å². The standard InChI is InChI=1S/C15H22N2O4/c1-19-13-6-5-12(11-14(13)20-2)15(18)16-21-10-9-17-7-3-4-8-17/h5-6,11H,3-4,7-10H2,1-2H3,(H,16,18). The van der Waals surface area contributed by atoms with E-state index in [0.29, 0.717) is 23.7 Å². The Morgan fingerprint density at radius 2 is 1.90 bits per heavy atom. The second-order valence-corrected chi connectivity index (χ2v) is 4.90. The minimum atomic E-state index is -0.294. The topological polar surface area (TPSA) is 60.0 Å². The van der Waals surface area contributed by atoms with E-state index in [4.69, 9.17) is 14.3 Å². The molecule has 1 fully saturated rings. The summed E-state index contributed by atoms with van der Waals surface area (Å²) in [7, 11) is 3.09. The van der Waals surface area contributed by atoms with Gasteiger partial charge >= 0.3 is 0 Å². The molecule has 2 rings (SSSR count). The summed E-state index contributed by atoms with van der Waals surface area (Å²) < 4.78 is 10.3. The van der Waals surface area contributed by atoms with Crippen LogP contribution in [0.5, 0.6) is 11.5 Å². The summed E-state index contributed by atoms with van der Waals surface area (Å²) in [4.78, 5) is 19.5. The van der Waals surface area contributed by atoms with E-state index in [9.17, 15) is 4.79 Å². The molecule has 1 aliphatic heterocycles. The molecule has 6 heteroatoms. The molecule has 0 spiro atoms. The number of hydroxylamine groups is 1. The fraction of sp³-hybridized carbons (Fsp3) is 0.533. The number of hydrogen-bond donors (Lipinski definition) is 1. The first-order valence-electron chi connectivity index (χ1n) is 7.11. The fourth-order valence-corrected chi connectivity index (χ4v) is 2.33. The minimum absolute atomic E-state index is 0.294. The van der Waals surface area contributed by atoms with Gasteiger partial charge in [-0.1, -0.05) is 0 Å². The van der Waals surface area contributed by atoms with Gasteiger partial charge in [-0.3, -0.25) is 9.63 Å². The molecule has 1 aliphatic rings. The Morgan fingerprint density at radius 3 is 2.57 bits per heavy atom. The Hall–Kier alpha value is -1.79. The maximum atomic E-state index is 12.0. The van der Waals surface area contributed by atoms with Crippen LogP contribution in [-0.2, 0) is 4.84 Å². The van der Waals surface area contributed by atoms with Crippen molar-refractivity contribution in [1.29, 1.82) is 0 Å². The van der Waals surface area contributed by atoms with Gasteiger partial charge in [0.2, 0.25) is 0 Å². The van der Waals surface area contributed by atoms with E-state index >= 15 is 0 Å². The summed E-state index contributed by atoms with van der Waals surface area (Å²) in [5.74, 6) is 0.809.